The summed E-state index contributed by atoms with van der Waals surface area (Å²) in [6.45, 7) is -0.0742. The molecule has 3 nitrogen and oxygen atoms in total. The Bertz CT molecular complexity index is 644. The van der Waals surface area contributed by atoms with Crippen LogP contribution >= 0.6 is 0 Å². The zero-order valence-electron chi connectivity index (χ0n) is 12.7. The first-order valence-electron chi connectivity index (χ1n) is 7.74. The van der Waals surface area contributed by atoms with Crippen molar-refractivity contribution in [3.05, 3.63) is 35.1 Å². The van der Waals surface area contributed by atoms with Gasteiger partial charge in [-0.25, -0.2) is 8.78 Å². The highest BCUT2D eigenvalue weighted by molar-refractivity contribution is 5.80. The summed E-state index contributed by atoms with van der Waals surface area (Å²) in [6, 6.07) is 0.853. The van der Waals surface area contributed by atoms with Gasteiger partial charge >= 0.3 is 6.18 Å². The van der Waals surface area contributed by atoms with Crippen LogP contribution in [0.5, 0.6) is 0 Å². The second-order valence-corrected chi connectivity index (χ2v) is 6.46. The number of hydrogen-bond acceptors (Lipinski definition) is 2. The third-order valence-corrected chi connectivity index (χ3v) is 4.69. The largest absolute Gasteiger partial charge is 0.416 e. The van der Waals surface area contributed by atoms with Gasteiger partial charge in [-0.05, 0) is 30.9 Å². The molecule has 2 aliphatic rings. The van der Waals surface area contributed by atoms with E-state index in [1.165, 1.54) is 4.90 Å². The summed E-state index contributed by atoms with van der Waals surface area (Å²) in [6.07, 6.45) is -4.46. The van der Waals surface area contributed by atoms with Gasteiger partial charge in [-0.2, -0.15) is 13.2 Å². The number of benzene rings is 1. The van der Waals surface area contributed by atoms with Crippen LogP contribution in [0.25, 0.3) is 0 Å². The number of rotatable bonds is 4. The maximum Gasteiger partial charge on any atom is 0.416 e. The fourth-order valence-corrected chi connectivity index (χ4v) is 3.45. The van der Waals surface area contributed by atoms with Gasteiger partial charge in [-0.3, -0.25) is 9.69 Å². The van der Waals surface area contributed by atoms with E-state index in [0.29, 0.717) is 6.07 Å². The molecule has 2 fully saturated rings. The number of likely N-dealkylation sites (tertiary alicyclic amines) is 1. The van der Waals surface area contributed by atoms with Crippen molar-refractivity contribution >= 4 is 5.91 Å². The van der Waals surface area contributed by atoms with Crippen LogP contribution < -0.4 is 5.73 Å². The first kappa shape index (κ1) is 17.1. The number of carbonyl (C=O) groups excluding carboxylic acids is 1. The molecule has 1 heterocycles. The van der Waals surface area contributed by atoms with Crippen molar-refractivity contribution in [2.45, 2.75) is 43.7 Å². The molecule has 3 atom stereocenters. The van der Waals surface area contributed by atoms with E-state index in [9.17, 15) is 26.7 Å². The molecule has 1 saturated heterocycles. The molecule has 132 valence electrons. The van der Waals surface area contributed by atoms with Crippen LogP contribution in [0.1, 0.15) is 36.4 Å². The maximum absolute atomic E-state index is 14.4. The van der Waals surface area contributed by atoms with E-state index in [-0.39, 0.29) is 24.4 Å². The van der Waals surface area contributed by atoms with Gasteiger partial charge in [0.05, 0.1) is 11.6 Å². The minimum Gasteiger partial charge on any atom is -0.368 e. The highest BCUT2D eigenvalue weighted by Crippen LogP contribution is 2.48. The number of hydrogen-bond donors (Lipinski definition) is 1. The number of nitrogens with zero attached hydrogens (tertiary/aromatic N) is 1. The van der Waals surface area contributed by atoms with E-state index in [0.717, 1.165) is 25.0 Å². The Kier molecular flexibility index (Phi) is 4.27. The maximum atomic E-state index is 14.4. The van der Waals surface area contributed by atoms with Gasteiger partial charge < -0.3 is 5.73 Å². The minimum absolute atomic E-state index is 0.0108. The van der Waals surface area contributed by atoms with Crippen molar-refractivity contribution in [2.24, 2.45) is 11.7 Å². The van der Waals surface area contributed by atoms with E-state index in [2.05, 4.69) is 0 Å². The molecule has 24 heavy (non-hydrogen) atoms. The summed E-state index contributed by atoms with van der Waals surface area (Å²) in [7, 11) is 0. The van der Waals surface area contributed by atoms with Crippen molar-refractivity contribution in [3.8, 4) is 0 Å². The van der Waals surface area contributed by atoms with Gasteiger partial charge in [-0.1, -0.05) is 6.07 Å². The van der Waals surface area contributed by atoms with Crippen molar-refractivity contribution in [1.82, 2.24) is 4.90 Å². The molecule has 8 heteroatoms. The van der Waals surface area contributed by atoms with E-state index in [1.54, 1.807) is 0 Å². The van der Waals surface area contributed by atoms with Gasteiger partial charge in [0.15, 0.2) is 0 Å². The number of alkyl halides is 4. The van der Waals surface area contributed by atoms with E-state index in [1.807, 2.05) is 0 Å². The Labute approximate surface area is 135 Å². The summed E-state index contributed by atoms with van der Waals surface area (Å²) in [5, 5.41) is 0. The van der Waals surface area contributed by atoms with Gasteiger partial charge in [0, 0.05) is 24.6 Å². The molecule has 1 aliphatic carbocycles. The smallest absolute Gasteiger partial charge is 0.368 e. The summed E-state index contributed by atoms with van der Waals surface area (Å²) >= 11 is 0. The highest BCUT2D eigenvalue weighted by Gasteiger charge is 2.46. The topological polar surface area (TPSA) is 46.3 Å². The predicted octanol–water partition coefficient (Wildman–Crippen LogP) is 3.19. The normalized spacial score (nSPS) is 26.5. The Morgan fingerprint density at radius 2 is 1.96 bits per heavy atom. The molecule has 1 amide bonds. The molecule has 3 rings (SSSR count). The van der Waals surface area contributed by atoms with Gasteiger partial charge in [0.1, 0.15) is 12.0 Å². The lowest BCUT2D eigenvalue weighted by Crippen LogP contribution is -2.43. The Balaban J connectivity index is 1.96. The predicted molar refractivity (Wildman–Crippen MR) is 76.1 cm³/mol. The van der Waals surface area contributed by atoms with Crippen LogP contribution in [-0.2, 0) is 11.0 Å². The fourth-order valence-electron chi connectivity index (χ4n) is 3.45. The molecule has 0 spiro atoms. The van der Waals surface area contributed by atoms with Crippen molar-refractivity contribution in [1.29, 1.82) is 0 Å². The second-order valence-electron chi connectivity index (χ2n) is 6.46. The zero-order chi connectivity index (χ0) is 17.6. The third kappa shape index (κ3) is 3.24. The van der Waals surface area contributed by atoms with Crippen LogP contribution in [0.4, 0.5) is 22.0 Å². The lowest BCUT2D eigenvalue weighted by atomic mass is 9.97. The monoisotopic (exact) mass is 348 g/mol. The van der Waals surface area contributed by atoms with Crippen LogP contribution in [-0.4, -0.2) is 29.6 Å². The van der Waals surface area contributed by atoms with E-state index in [4.69, 9.17) is 5.73 Å². The van der Waals surface area contributed by atoms with E-state index < -0.39 is 41.7 Å². The molecule has 1 saturated carbocycles. The average molecular weight is 348 g/mol. The highest BCUT2D eigenvalue weighted by atomic mass is 19.4. The van der Waals surface area contributed by atoms with Gasteiger partial charge in [0.25, 0.3) is 0 Å². The number of nitrogens with two attached hydrogens (primary N) is 1. The summed E-state index contributed by atoms with van der Waals surface area (Å²) in [5.41, 5.74) is 4.30. The zero-order valence-corrected chi connectivity index (χ0v) is 12.7. The molecular weight excluding hydrogens is 331 g/mol. The molecule has 2 N–H and O–H groups in total. The number of primary amides is 1. The molecular formula is C16H17F5N2O. The lowest BCUT2D eigenvalue weighted by molar-refractivity contribution is -0.137. The van der Waals surface area contributed by atoms with Crippen LogP contribution in [0, 0.1) is 11.7 Å². The van der Waals surface area contributed by atoms with Crippen LogP contribution in [0.15, 0.2) is 18.2 Å². The number of carbonyl (C=O) groups is 1. The molecule has 2 unspecified atom stereocenters. The molecule has 0 radical (unpaired) electrons. The third-order valence-electron chi connectivity index (χ3n) is 4.69. The van der Waals surface area contributed by atoms with E-state index >= 15 is 0 Å². The SMILES string of the molecule is NC(=O)C1CC(F)CN1[C@@H](c1ccc(C(F)(F)F)cc1F)C1CC1. The fraction of sp³-hybridized carbons (Fsp3) is 0.562. The van der Waals surface area contributed by atoms with Crippen LogP contribution in [0.2, 0.25) is 0 Å². The molecule has 1 aliphatic heterocycles. The standard InChI is InChI=1S/C16H17F5N2O/c17-10-6-13(15(22)24)23(7-10)14(8-1-2-8)11-4-3-9(5-12(11)18)16(19,20)21/h3-5,8,10,13-14H,1-2,6-7H2,(H2,22,24)/t10?,13?,14-/m1/s1. The Morgan fingerprint density at radius 1 is 1.29 bits per heavy atom. The summed E-state index contributed by atoms with van der Waals surface area (Å²) in [5.74, 6) is -1.70. The molecule has 1 aromatic carbocycles. The van der Waals surface area contributed by atoms with Crippen molar-refractivity contribution in [2.75, 3.05) is 6.54 Å². The van der Waals surface area contributed by atoms with Gasteiger partial charge in [0.2, 0.25) is 5.91 Å². The summed E-state index contributed by atoms with van der Waals surface area (Å²) in [4.78, 5) is 13.1. The minimum atomic E-state index is -4.64. The molecule has 0 aromatic heterocycles. The molecule has 1 aromatic rings. The first-order chi connectivity index (χ1) is 11.2. The molecule has 0 bridgehead atoms. The first-order valence-corrected chi connectivity index (χ1v) is 7.74. The second kappa shape index (κ2) is 5.98. The van der Waals surface area contributed by atoms with Crippen molar-refractivity contribution in [3.63, 3.8) is 0 Å². The Morgan fingerprint density at radius 3 is 2.46 bits per heavy atom. The van der Waals surface area contributed by atoms with Crippen molar-refractivity contribution < 1.29 is 26.7 Å². The number of amides is 1. The average Bonchev–Trinajstić information content (AvgIpc) is 3.22. The Hall–Kier alpha value is -1.70. The summed E-state index contributed by atoms with van der Waals surface area (Å²) < 4.78 is 66.2. The number of halogens is 5. The quantitative estimate of drug-likeness (QED) is 0.850. The van der Waals surface area contributed by atoms with Crippen LogP contribution in [0.3, 0.4) is 0 Å². The lowest BCUT2D eigenvalue weighted by Gasteiger charge is -2.32. The van der Waals surface area contributed by atoms with Gasteiger partial charge in [-0.15, -0.1) is 0 Å².